The van der Waals surface area contributed by atoms with E-state index >= 15 is 0 Å². The minimum absolute atomic E-state index is 0.0463. The van der Waals surface area contributed by atoms with Crippen LogP contribution in [-0.2, 0) is 6.42 Å². The second-order valence-corrected chi connectivity index (χ2v) is 7.35. The molecule has 1 N–H and O–H groups in total. The molecule has 19 heavy (non-hydrogen) atoms. The van der Waals surface area contributed by atoms with Crippen LogP contribution in [0.2, 0.25) is 0 Å². The summed E-state index contributed by atoms with van der Waals surface area (Å²) in [5.74, 6) is 0.598. The Balaban J connectivity index is 2.29. The highest BCUT2D eigenvalue weighted by Gasteiger charge is 2.37. The summed E-state index contributed by atoms with van der Waals surface area (Å²) >= 11 is 7.00. The number of pyridine rings is 1. The maximum Gasteiger partial charge on any atom is 0.199 e. The van der Waals surface area contributed by atoms with Gasteiger partial charge in [-0.1, -0.05) is 31.9 Å². The number of nitrogens with one attached hydrogen (secondary N) is 1. The Bertz CT molecular complexity index is 721. The fourth-order valence-electron chi connectivity index (χ4n) is 2.30. The summed E-state index contributed by atoms with van der Waals surface area (Å²) in [4.78, 5) is 15.9. The van der Waals surface area contributed by atoms with Crippen molar-refractivity contribution in [3.8, 4) is 5.88 Å². The van der Waals surface area contributed by atoms with Gasteiger partial charge in [-0.3, -0.25) is 4.79 Å². The number of aromatic nitrogens is 1. The van der Waals surface area contributed by atoms with E-state index < -0.39 is 0 Å². The first kappa shape index (κ1) is 13.2. The van der Waals surface area contributed by atoms with Crippen LogP contribution in [0.1, 0.15) is 19.4 Å². The molecule has 3 nitrogen and oxygen atoms in total. The van der Waals surface area contributed by atoms with Gasteiger partial charge >= 0.3 is 0 Å². The third-order valence-corrected chi connectivity index (χ3v) is 5.44. The van der Waals surface area contributed by atoms with Crippen molar-refractivity contribution in [1.82, 2.24) is 4.98 Å². The lowest BCUT2D eigenvalue weighted by molar-refractivity contribution is 0.0872. The van der Waals surface area contributed by atoms with Gasteiger partial charge in [-0.05, 0) is 38.5 Å². The van der Waals surface area contributed by atoms with Crippen LogP contribution in [0.25, 0.3) is 10.9 Å². The van der Waals surface area contributed by atoms with Gasteiger partial charge in [0.2, 0.25) is 0 Å². The van der Waals surface area contributed by atoms with Crippen LogP contribution in [-0.4, -0.2) is 15.4 Å². The van der Waals surface area contributed by atoms with E-state index in [1.807, 2.05) is 32.0 Å². The smallest absolute Gasteiger partial charge is 0.199 e. The second kappa shape index (κ2) is 4.35. The fourth-order valence-corrected chi connectivity index (χ4v) is 3.08. The molecule has 0 spiro atoms. The molecule has 0 radical (unpaired) electrons. The summed E-state index contributed by atoms with van der Waals surface area (Å²) in [6.45, 7) is 4.03. The van der Waals surface area contributed by atoms with Gasteiger partial charge in [0.15, 0.2) is 11.3 Å². The first-order valence-electron chi connectivity index (χ1n) is 6.06. The molecule has 1 aliphatic rings. The highest BCUT2D eigenvalue weighted by molar-refractivity contribution is 9.10. The van der Waals surface area contributed by atoms with E-state index in [1.54, 1.807) is 0 Å². The molecule has 0 fully saturated rings. The Hall–Kier alpha value is -0.810. The van der Waals surface area contributed by atoms with E-state index in [1.165, 1.54) is 0 Å². The summed E-state index contributed by atoms with van der Waals surface area (Å²) in [6, 6.07) is 5.64. The molecule has 5 heteroatoms. The number of aromatic amines is 1. The van der Waals surface area contributed by atoms with E-state index in [0.29, 0.717) is 23.3 Å². The molecule has 1 atom stereocenters. The molecule has 2 heterocycles. The van der Waals surface area contributed by atoms with Crippen LogP contribution < -0.4 is 10.2 Å². The van der Waals surface area contributed by atoms with Crippen LogP contribution in [0.15, 0.2) is 27.5 Å². The van der Waals surface area contributed by atoms with Crippen molar-refractivity contribution in [1.29, 1.82) is 0 Å². The summed E-state index contributed by atoms with van der Waals surface area (Å²) in [5.41, 5.74) is 1.23. The Morgan fingerprint density at radius 2 is 2.16 bits per heavy atom. The van der Waals surface area contributed by atoms with Crippen molar-refractivity contribution < 1.29 is 4.74 Å². The number of rotatable bonds is 0. The minimum Gasteiger partial charge on any atom is -0.471 e. The number of halogens is 2. The quantitative estimate of drug-likeness (QED) is 0.700. The summed E-state index contributed by atoms with van der Waals surface area (Å²) in [7, 11) is 0. The first-order valence-corrected chi connectivity index (χ1v) is 7.77. The monoisotopic (exact) mass is 385 g/mol. The molecule has 1 aromatic heterocycles. The lowest BCUT2D eigenvalue weighted by atomic mass is 9.94. The molecule has 1 aliphatic heterocycles. The highest BCUT2D eigenvalue weighted by Crippen LogP contribution is 2.35. The van der Waals surface area contributed by atoms with Crippen LogP contribution in [0.4, 0.5) is 0 Å². The summed E-state index contributed by atoms with van der Waals surface area (Å²) in [5, 5.41) is 0.691. The van der Waals surface area contributed by atoms with Gasteiger partial charge in [-0.2, -0.15) is 0 Å². The molecule has 0 saturated carbocycles. The average molecular weight is 387 g/mol. The van der Waals surface area contributed by atoms with Crippen molar-refractivity contribution in [2.75, 3.05) is 0 Å². The zero-order chi connectivity index (χ0) is 13.8. The van der Waals surface area contributed by atoms with Crippen LogP contribution >= 0.6 is 31.9 Å². The molecule has 100 valence electrons. The van der Waals surface area contributed by atoms with Gasteiger partial charge in [-0.15, -0.1) is 0 Å². The number of hydrogen-bond donors (Lipinski definition) is 1. The number of benzene rings is 1. The number of ether oxygens (including phenoxy) is 1. The zero-order valence-electron chi connectivity index (χ0n) is 10.6. The van der Waals surface area contributed by atoms with Gasteiger partial charge in [-0.25, -0.2) is 0 Å². The van der Waals surface area contributed by atoms with E-state index in [9.17, 15) is 4.79 Å². The first-order chi connectivity index (χ1) is 8.88. The van der Waals surface area contributed by atoms with Crippen molar-refractivity contribution >= 4 is 42.8 Å². The molecule has 0 bridgehead atoms. The molecule has 3 rings (SSSR count). The molecular formula is C14H13Br2NO2. The Labute approximate surface area is 127 Å². The molecule has 0 saturated heterocycles. The van der Waals surface area contributed by atoms with Crippen LogP contribution in [0, 0.1) is 0 Å². The normalized spacial score (nSPS) is 20.9. The van der Waals surface area contributed by atoms with Crippen molar-refractivity contribution in [3.05, 3.63) is 38.5 Å². The van der Waals surface area contributed by atoms with Crippen LogP contribution in [0.5, 0.6) is 5.88 Å². The standard InChI is InChI=1S/C14H13Br2NO2/c1-14(2)11(16)6-9-12(18)8-5-7(15)3-4-10(8)17-13(9)19-14/h3-5,11H,6H2,1-2H3,(H,17,18). The summed E-state index contributed by atoms with van der Waals surface area (Å²) in [6.07, 6.45) is 0.667. The van der Waals surface area contributed by atoms with Gasteiger partial charge in [0.1, 0.15) is 5.60 Å². The van der Waals surface area contributed by atoms with E-state index in [2.05, 4.69) is 36.8 Å². The molecule has 0 aliphatic carbocycles. The molecule has 0 amide bonds. The van der Waals surface area contributed by atoms with Crippen molar-refractivity contribution in [3.63, 3.8) is 0 Å². The lowest BCUT2D eigenvalue weighted by Crippen LogP contribution is -2.44. The third-order valence-electron chi connectivity index (χ3n) is 3.53. The number of fused-ring (bicyclic) bond motifs is 2. The van der Waals surface area contributed by atoms with Crippen LogP contribution in [0.3, 0.4) is 0 Å². The number of hydrogen-bond acceptors (Lipinski definition) is 2. The van der Waals surface area contributed by atoms with Gasteiger partial charge in [0.25, 0.3) is 0 Å². The Morgan fingerprint density at radius 1 is 1.42 bits per heavy atom. The predicted molar refractivity (Wildman–Crippen MR) is 83.4 cm³/mol. The van der Waals surface area contributed by atoms with Crippen molar-refractivity contribution in [2.45, 2.75) is 30.7 Å². The van der Waals surface area contributed by atoms with E-state index in [-0.39, 0.29) is 15.9 Å². The maximum atomic E-state index is 12.5. The van der Waals surface area contributed by atoms with Gasteiger partial charge in [0.05, 0.1) is 15.9 Å². The average Bonchev–Trinajstić information content (AvgIpc) is 2.33. The van der Waals surface area contributed by atoms with Crippen molar-refractivity contribution in [2.24, 2.45) is 0 Å². The molecule has 1 unspecified atom stereocenters. The Morgan fingerprint density at radius 3 is 2.89 bits per heavy atom. The van der Waals surface area contributed by atoms with Gasteiger partial charge < -0.3 is 9.72 Å². The third kappa shape index (κ3) is 2.13. The minimum atomic E-state index is -0.334. The summed E-state index contributed by atoms with van der Waals surface area (Å²) < 4.78 is 6.84. The molecule has 2 aromatic rings. The molecule has 1 aromatic carbocycles. The topological polar surface area (TPSA) is 42.1 Å². The number of H-pyrrole nitrogens is 1. The van der Waals surface area contributed by atoms with E-state index in [0.717, 1.165) is 9.99 Å². The lowest BCUT2D eigenvalue weighted by Gasteiger charge is -2.36. The van der Waals surface area contributed by atoms with E-state index in [4.69, 9.17) is 4.74 Å². The van der Waals surface area contributed by atoms with Gasteiger partial charge in [0, 0.05) is 9.86 Å². The predicted octanol–water partition coefficient (Wildman–Crippen LogP) is 3.77. The highest BCUT2D eigenvalue weighted by atomic mass is 79.9. The fraction of sp³-hybridized carbons (Fsp3) is 0.357. The zero-order valence-corrected chi connectivity index (χ0v) is 13.8. The largest absolute Gasteiger partial charge is 0.471 e. The maximum absolute atomic E-state index is 12.5. The molecular weight excluding hydrogens is 374 g/mol. The Kier molecular flexibility index (Phi) is 3.02. The number of alkyl halides is 1. The SMILES string of the molecule is CC1(C)Oc2[nH]c3ccc(Br)cc3c(=O)c2CC1Br. The second-order valence-electron chi connectivity index (χ2n) is 5.33.